The van der Waals surface area contributed by atoms with Crippen LogP contribution in [0, 0.1) is 0 Å². The summed E-state index contributed by atoms with van der Waals surface area (Å²) in [5.74, 6) is 0.116. The van der Waals surface area contributed by atoms with Crippen LogP contribution in [0.3, 0.4) is 0 Å². The van der Waals surface area contributed by atoms with Gasteiger partial charge in [0, 0.05) is 47.9 Å². The Labute approximate surface area is 186 Å². The van der Waals surface area contributed by atoms with Crippen LogP contribution in [0.1, 0.15) is 52.8 Å². The average molecular weight is 470 g/mol. The summed E-state index contributed by atoms with van der Waals surface area (Å²) in [6.07, 6.45) is 5.14. The first kappa shape index (κ1) is 20.9. The highest BCUT2D eigenvalue weighted by Gasteiger charge is 2.26. The Morgan fingerprint density at radius 2 is 1.63 bits per heavy atom. The fraction of sp³-hybridized carbons (Fsp3) is 0.417. The molecule has 2 aliphatic heterocycles. The second kappa shape index (κ2) is 9.65. The number of hydrogen-bond acceptors (Lipinski definition) is 3. The number of nitrogens with zero attached hydrogens (tertiary/aromatic N) is 2. The van der Waals surface area contributed by atoms with E-state index < -0.39 is 0 Å². The predicted octanol–water partition coefficient (Wildman–Crippen LogP) is 4.47. The van der Waals surface area contributed by atoms with Gasteiger partial charge >= 0.3 is 0 Å². The molecule has 0 saturated carbocycles. The molecule has 5 nitrogen and oxygen atoms in total. The van der Waals surface area contributed by atoms with Crippen molar-refractivity contribution in [1.29, 1.82) is 0 Å². The van der Waals surface area contributed by atoms with Crippen molar-refractivity contribution in [1.82, 2.24) is 10.2 Å². The molecule has 30 heavy (non-hydrogen) atoms. The molecule has 2 aromatic rings. The van der Waals surface area contributed by atoms with Gasteiger partial charge < -0.3 is 15.1 Å². The number of carbonyl (C=O) groups excluding carboxylic acids is 2. The summed E-state index contributed by atoms with van der Waals surface area (Å²) in [4.78, 5) is 29.9. The summed E-state index contributed by atoms with van der Waals surface area (Å²) in [7, 11) is 0. The van der Waals surface area contributed by atoms with Crippen molar-refractivity contribution in [3.8, 4) is 0 Å². The van der Waals surface area contributed by atoms with Crippen molar-refractivity contribution in [2.75, 3.05) is 31.1 Å². The molecule has 2 fully saturated rings. The standard InChI is InChI=1S/C24H28BrN3O2/c25-19-8-6-7-18(17-19)23(29)26-20-11-15-27(16-12-20)22-10-3-2-9-21(22)24(30)28-13-4-1-5-14-28/h2-3,6-10,17,20H,1,4-5,11-16H2,(H,26,29). The number of anilines is 1. The molecule has 0 spiro atoms. The highest BCUT2D eigenvalue weighted by atomic mass is 79.9. The summed E-state index contributed by atoms with van der Waals surface area (Å²) < 4.78 is 0.903. The lowest BCUT2D eigenvalue weighted by Gasteiger charge is -2.36. The minimum atomic E-state index is -0.0320. The van der Waals surface area contributed by atoms with E-state index in [1.807, 2.05) is 47.4 Å². The number of halogens is 1. The molecule has 0 unspecified atom stereocenters. The number of rotatable bonds is 4. The molecule has 0 atom stereocenters. The fourth-order valence-corrected chi connectivity index (χ4v) is 4.76. The normalized spacial score (nSPS) is 17.6. The monoisotopic (exact) mass is 469 g/mol. The SMILES string of the molecule is O=C(NC1CCN(c2ccccc2C(=O)N2CCCCC2)CC1)c1cccc(Br)c1. The maximum absolute atomic E-state index is 13.1. The van der Waals surface area contributed by atoms with Gasteiger partial charge in [-0.1, -0.05) is 34.1 Å². The topological polar surface area (TPSA) is 52.7 Å². The van der Waals surface area contributed by atoms with Crippen molar-refractivity contribution < 1.29 is 9.59 Å². The van der Waals surface area contributed by atoms with Gasteiger partial charge in [0.05, 0.1) is 5.56 Å². The molecular weight excluding hydrogens is 442 g/mol. The van der Waals surface area contributed by atoms with Crippen molar-refractivity contribution in [3.63, 3.8) is 0 Å². The number of amides is 2. The summed E-state index contributed by atoms with van der Waals surface area (Å²) in [6, 6.07) is 15.6. The Balaban J connectivity index is 1.38. The summed E-state index contributed by atoms with van der Waals surface area (Å²) in [6.45, 7) is 3.37. The lowest BCUT2D eigenvalue weighted by molar-refractivity contribution is 0.0724. The number of benzene rings is 2. The zero-order chi connectivity index (χ0) is 20.9. The molecule has 0 aromatic heterocycles. The van der Waals surface area contributed by atoms with Gasteiger partial charge in [0.15, 0.2) is 0 Å². The Bertz CT molecular complexity index is 903. The second-order valence-corrected chi connectivity index (χ2v) is 9.03. The van der Waals surface area contributed by atoms with Crippen LogP contribution in [-0.2, 0) is 0 Å². The first-order valence-electron chi connectivity index (χ1n) is 10.8. The lowest BCUT2D eigenvalue weighted by atomic mass is 10.0. The quantitative estimate of drug-likeness (QED) is 0.718. The van der Waals surface area contributed by atoms with Crippen LogP contribution in [0.5, 0.6) is 0 Å². The molecule has 6 heteroatoms. The number of carbonyl (C=O) groups is 2. The zero-order valence-corrected chi connectivity index (χ0v) is 18.7. The van der Waals surface area contributed by atoms with Crippen LogP contribution in [0.15, 0.2) is 53.0 Å². The Morgan fingerprint density at radius 1 is 0.900 bits per heavy atom. The smallest absolute Gasteiger partial charge is 0.255 e. The third kappa shape index (κ3) is 4.86. The first-order valence-corrected chi connectivity index (χ1v) is 11.6. The molecule has 0 radical (unpaired) electrons. The highest BCUT2D eigenvalue weighted by molar-refractivity contribution is 9.10. The number of piperidine rings is 2. The van der Waals surface area contributed by atoms with Crippen LogP contribution >= 0.6 is 15.9 Å². The number of para-hydroxylation sites is 1. The van der Waals surface area contributed by atoms with Crippen LogP contribution in [0.4, 0.5) is 5.69 Å². The minimum absolute atomic E-state index is 0.0320. The maximum atomic E-state index is 13.1. The van der Waals surface area contributed by atoms with E-state index in [1.165, 1.54) is 6.42 Å². The van der Waals surface area contributed by atoms with Crippen LogP contribution in [0.25, 0.3) is 0 Å². The largest absolute Gasteiger partial charge is 0.371 e. The number of nitrogens with one attached hydrogen (secondary N) is 1. The van der Waals surface area contributed by atoms with Crippen LogP contribution in [0.2, 0.25) is 0 Å². The van der Waals surface area contributed by atoms with E-state index in [9.17, 15) is 9.59 Å². The fourth-order valence-electron chi connectivity index (χ4n) is 4.36. The van der Waals surface area contributed by atoms with Gasteiger partial charge in [-0.15, -0.1) is 0 Å². The number of likely N-dealkylation sites (tertiary alicyclic amines) is 1. The molecule has 0 aliphatic carbocycles. The van der Waals surface area contributed by atoms with Gasteiger partial charge in [-0.3, -0.25) is 9.59 Å². The molecule has 158 valence electrons. The van der Waals surface area contributed by atoms with Gasteiger partial charge in [-0.25, -0.2) is 0 Å². The molecule has 4 rings (SSSR count). The van der Waals surface area contributed by atoms with E-state index in [-0.39, 0.29) is 17.9 Å². The van der Waals surface area contributed by atoms with Crippen molar-refractivity contribution in [3.05, 3.63) is 64.1 Å². The summed E-state index contributed by atoms with van der Waals surface area (Å²) >= 11 is 3.42. The van der Waals surface area contributed by atoms with Crippen LogP contribution < -0.4 is 10.2 Å². The average Bonchev–Trinajstić information content (AvgIpc) is 2.80. The van der Waals surface area contributed by atoms with E-state index in [2.05, 4.69) is 32.2 Å². The lowest BCUT2D eigenvalue weighted by Crippen LogP contribution is -2.45. The molecule has 0 bridgehead atoms. The third-order valence-electron chi connectivity index (χ3n) is 6.04. The van der Waals surface area contributed by atoms with Gasteiger partial charge in [0.25, 0.3) is 11.8 Å². The second-order valence-electron chi connectivity index (χ2n) is 8.12. The van der Waals surface area contributed by atoms with Gasteiger partial charge in [-0.2, -0.15) is 0 Å². The van der Waals surface area contributed by atoms with E-state index in [0.29, 0.717) is 5.56 Å². The Kier molecular flexibility index (Phi) is 6.72. The van der Waals surface area contributed by atoms with Gasteiger partial charge in [-0.05, 0) is 62.4 Å². The maximum Gasteiger partial charge on any atom is 0.255 e. The Morgan fingerprint density at radius 3 is 2.37 bits per heavy atom. The molecule has 2 aromatic carbocycles. The zero-order valence-electron chi connectivity index (χ0n) is 17.1. The van der Waals surface area contributed by atoms with E-state index in [0.717, 1.165) is 67.6 Å². The predicted molar refractivity (Wildman–Crippen MR) is 123 cm³/mol. The Hall–Kier alpha value is -2.34. The molecular formula is C24H28BrN3O2. The van der Waals surface area contributed by atoms with E-state index in [4.69, 9.17) is 0 Å². The molecule has 2 saturated heterocycles. The van der Waals surface area contributed by atoms with Gasteiger partial charge in [0.2, 0.25) is 0 Å². The van der Waals surface area contributed by atoms with E-state index >= 15 is 0 Å². The van der Waals surface area contributed by atoms with E-state index in [1.54, 1.807) is 0 Å². The summed E-state index contributed by atoms with van der Waals surface area (Å²) in [5.41, 5.74) is 2.49. The molecule has 2 aliphatic rings. The van der Waals surface area contributed by atoms with Crippen molar-refractivity contribution in [2.24, 2.45) is 0 Å². The third-order valence-corrected chi connectivity index (χ3v) is 6.53. The highest BCUT2D eigenvalue weighted by Crippen LogP contribution is 2.26. The molecule has 2 heterocycles. The molecule has 2 amide bonds. The van der Waals surface area contributed by atoms with Crippen molar-refractivity contribution >= 4 is 33.4 Å². The summed E-state index contributed by atoms with van der Waals surface area (Å²) in [5, 5.41) is 3.16. The van der Waals surface area contributed by atoms with Crippen molar-refractivity contribution in [2.45, 2.75) is 38.1 Å². The number of hydrogen-bond donors (Lipinski definition) is 1. The van der Waals surface area contributed by atoms with Crippen LogP contribution in [-0.4, -0.2) is 48.9 Å². The molecule has 1 N–H and O–H groups in total. The minimum Gasteiger partial charge on any atom is -0.371 e. The van der Waals surface area contributed by atoms with Gasteiger partial charge in [0.1, 0.15) is 0 Å². The first-order chi connectivity index (χ1) is 14.6.